The molecule has 16 heavy (non-hydrogen) atoms. The summed E-state index contributed by atoms with van der Waals surface area (Å²) in [6, 6.07) is 5.80. The Bertz CT molecular complexity index is 462. The third-order valence-corrected chi connectivity index (χ3v) is 2.41. The van der Waals surface area contributed by atoms with Crippen LogP contribution in [0, 0.1) is 0 Å². The van der Waals surface area contributed by atoms with E-state index in [1.807, 2.05) is 25.1 Å². The number of benzene rings is 1. The maximum Gasteiger partial charge on any atom is 0.219 e. The summed E-state index contributed by atoms with van der Waals surface area (Å²) in [5.41, 5.74) is 0.814. The molecule has 0 saturated heterocycles. The van der Waals surface area contributed by atoms with Crippen LogP contribution in [0.3, 0.4) is 0 Å². The maximum absolute atomic E-state index is 10.1. The number of hydrogen-bond donors (Lipinski definition) is 1. The average Bonchev–Trinajstić information content (AvgIpc) is 2.75. The Morgan fingerprint density at radius 2 is 2.31 bits per heavy atom. The SMILES string of the molecule is Brc1ccc2cnoc2c1.CCC(=O)NC. The standard InChI is InChI=1S/C7H4BrNO.C4H9NO/c8-6-2-1-5-4-9-10-7(5)3-6;1-3-4(6)5-2/h1-4H;3H2,1-2H3,(H,5,6). The van der Waals surface area contributed by atoms with Crippen molar-refractivity contribution in [2.24, 2.45) is 0 Å². The van der Waals surface area contributed by atoms with E-state index < -0.39 is 0 Å². The van der Waals surface area contributed by atoms with Gasteiger partial charge in [-0.3, -0.25) is 4.79 Å². The molecule has 86 valence electrons. The van der Waals surface area contributed by atoms with E-state index in [9.17, 15) is 4.79 Å². The fourth-order valence-electron chi connectivity index (χ4n) is 1.01. The van der Waals surface area contributed by atoms with Crippen LogP contribution in [0.5, 0.6) is 0 Å². The molecule has 0 aliphatic heterocycles. The number of fused-ring (bicyclic) bond motifs is 1. The van der Waals surface area contributed by atoms with E-state index in [0.717, 1.165) is 15.4 Å². The van der Waals surface area contributed by atoms with Crippen LogP contribution in [-0.4, -0.2) is 18.1 Å². The molecule has 0 bridgehead atoms. The van der Waals surface area contributed by atoms with Crippen molar-refractivity contribution in [1.82, 2.24) is 10.5 Å². The summed E-state index contributed by atoms with van der Waals surface area (Å²) in [6.07, 6.45) is 2.28. The third-order valence-electron chi connectivity index (χ3n) is 1.92. The molecule has 1 aromatic heterocycles. The van der Waals surface area contributed by atoms with Crippen molar-refractivity contribution in [2.75, 3.05) is 7.05 Å². The molecule has 0 aliphatic rings. The summed E-state index contributed by atoms with van der Waals surface area (Å²) in [7, 11) is 1.63. The first-order valence-corrected chi connectivity index (χ1v) is 5.67. The lowest BCUT2D eigenvalue weighted by atomic mass is 10.3. The van der Waals surface area contributed by atoms with Crippen molar-refractivity contribution >= 4 is 32.8 Å². The summed E-state index contributed by atoms with van der Waals surface area (Å²) in [5.74, 6) is 0.0926. The molecular weight excluding hydrogens is 272 g/mol. The summed E-state index contributed by atoms with van der Waals surface area (Å²) in [6.45, 7) is 1.82. The van der Waals surface area contributed by atoms with Crippen LogP contribution in [0.2, 0.25) is 0 Å². The minimum atomic E-state index is 0.0926. The van der Waals surface area contributed by atoms with Crippen LogP contribution in [0.15, 0.2) is 33.4 Å². The van der Waals surface area contributed by atoms with Gasteiger partial charge in [-0.25, -0.2) is 0 Å². The Hall–Kier alpha value is -1.36. The second-order valence-electron chi connectivity index (χ2n) is 3.03. The molecular formula is C11H13BrN2O2. The Balaban J connectivity index is 0.000000187. The van der Waals surface area contributed by atoms with Gasteiger partial charge in [0.05, 0.1) is 6.20 Å². The molecule has 0 fully saturated rings. The van der Waals surface area contributed by atoms with Crippen molar-refractivity contribution in [3.63, 3.8) is 0 Å². The first-order chi connectivity index (χ1) is 7.67. The van der Waals surface area contributed by atoms with E-state index in [0.29, 0.717) is 6.42 Å². The predicted molar refractivity (Wildman–Crippen MR) is 66.1 cm³/mol. The molecule has 0 unspecified atom stereocenters. The van der Waals surface area contributed by atoms with Crippen LogP contribution < -0.4 is 5.32 Å². The first-order valence-electron chi connectivity index (χ1n) is 4.88. The molecule has 5 heteroatoms. The Labute approximate surface area is 102 Å². The number of amides is 1. The van der Waals surface area contributed by atoms with E-state index in [4.69, 9.17) is 4.52 Å². The van der Waals surface area contributed by atoms with E-state index in [1.54, 1.807) is 13.2 Å². The minimum Gasteiger partial charge on any atom is -0.359 e. The molecule has 0 saturated carbocycles. The van der Waals surface area contributed by atoms with Gasteiger partial charge in [0.2, 0.25) is 5.91 Å². The second kappa shape index (κ2) is 6.27. The van der Waals surface area contributed by atoms with E-state index in [2.05, 4.69) is 26.4 Å². The number of carbonyl (C=O) groups is 1. The van der Waals surface area contributed by atoms with E-state index >= 15 is 0 Å². The average molecular weight is 285 g/mol. The van der Waals surface area contributed by atoms with Crippen LogP contribution in [0.25, 0.3) is 11.0 Å². The van der Waals surface area contributed by atoms with Gasteiger partial charge in [-0.05, 0) is 18.2 Å². The van der Waals surface area contributed by atoms with E-state index in [-0.39, 0.29) is 5.91 Å². The van der Waals surface area contributed by atoms with Crippen LogP contribution >= 0.6 is 15.9 Å². The smallest absolute Gasteiger partial charge is 0.219 e. The number of rotatable bonds is 1. The van der Waals surface area contributed by atoms with Crippen LogP contribution in [0.4, 0.5) is 0 Å². The lowest BCUT2D eigenvalue weighted by Crippen LogP contribution is -2.15. The van der Waals surface area contributed by atoms with Crippen molar-refractivity contribution in [2.45, 2.75) is 13.3 Å². The van der Waals surface area contributed by atoms with Gasteiger partial charge < -0.3 is 9.84 Å². The zero-order valence-corrected chi connectivity index (χ0v) is 10.7. The third kappa shape index (κ3) is 3.66. The quantitative estimate of drug-likeness (QED) is 0.876. The molecule has 4 nitrogen and oxygen atoms in total. The Morgan fingerprint density at radius 3 is 2.88 bits per heavy atom. The van der Waals surface area contributed by atoms with Gasteiger partial charge in [-0.15, -0.1) is 0 Å². The van der Waals surface area contributed by atoms with Crippen LogP contribution in [0.1, 0.15) is 13.3 Å². The Kier molecular flexibility index (Phi) is 4.98. The van der Waals surface area contributed by atoms with Crippen molar-refractivity contribution < 1.29 is 9.32 Å². The van der Waals surface area contributed by atoms with Gasteiger partial charge in [0, 0.05) is 23.3 Å². The molecule has 2 rings (SSSR count). The van der Waals surface area contributed by atoms with Gasteiger partial charge in [0.25, 0.3) is 0 Å². The van der Waals surface area contributed by atoms with Gasteiger partial charge in [0.1, 0.15) is 0 Å². The molecule has 0 aliphatic carbocycles. The summed E-state index contributed by atoms with van der Waals surface area (Å²) < 4.78 is 5.93. The summed E-state index contributed by atoms with van der Waals surface area (Å²) in [5, 5.41) is 7.15. The number of nitrogens with zero attached hydrogens (tertiary/aromatic N) is 1. The minimum absolute atomic E-state index is 0.0926. The van der Waals surface area contributed by atoms with E-state index in [1.165, 1.54) is 0 Å². The highest BCUT2D eigenvalue weighted by atomic mass is 79.9. The predicted octanol–water partition coefficient (Wildman–Crippen LogP) is 2.73. The molecule has 1 heterocycles. The molecule has 2 aromatic rings. The Morgan fingerprint density at radius 1 is 1.56 bits per heavy atom. The molecule has 1 amide bonds. The number of hydrogen-bond acceptors (Lipinski definition) is 3. The summed E-state index contributed by atoms with van der Waals surface area (Å²) in [4.78, 5) is 10.1. The first kappa shape index (κ1) is 12.7. The molecule has 0 spiro atoms. The molecule has 1 aromatic carbocycles. The maximum atomic E-state index is 10.1. The van der Waals surface area contributed by atoms with Crippen molar-refractivity contribution in [3.05, 3.63) is 28.9 Å². The van der Waals surface area contributed by atoms with Crippen molar-refractivity contribution in [3.8, 4) is 0 Å². The topological polar surface area (TPSA) is 55.1 Å². The van der Waals surface area contributed by atoms with Gasteiger partial charge >= 0.3 is 0 Å². The molecule has 0 atom stereocenters. The normalized spacial score (nSPS) is 9.44. The lowest BCUT2D eigenvalue weighted by molar-refractivity contribution is -0.120. The fourth-order valence-corrected chi connectivity index (χ4v) is 1.35. The highest BCUT2D eigenvalue weighted by Crippen LogP contribution is 2.18. The fraction of sp³-hybridized carbons (Fsp3) is 0.273. The number of nitrogens with one attached hydrogen (secondary N) is 1. The second-order valence-corrected chi connectivity index (χ2v) is 3.95. The van der Waals surface area contributed by atoms with Crippen molar-refractivity contribution in [1.29, 1.82) is 0 Å². The monoisotopic (exact) mass is 284 g/mol. The molecule has 1 N–H and O–H groups in total. The lowest BCUT2D eigenvalue weighted by Gasteiger charge is -1.87. The number of halogens is 1. The molecule has 0 radical (unpaired) electrons. The van der Waals surface area contributed by atoms with Gasteiger partial charge in [0.15, 0.2) is 5.58 Å². The highest BCUT2D eigenvalue weighted by Gasteiger charge is 1.96. The zero-order valence-electron chi connectivity index (χ0n) is 9.16. The largest absolute Gasteiger partial charge is 0.359 e. The van der Waals surface area contributed by atoms with Crippen LogP contribution in [-0.2, 0) is 4.79 Å². The summed E-state index contributed by atoms with van der Waals surface area (Å²) >= 11 is 3.33. The highest BCUT2D eigenvalue weighted by molar-refractivity contribution is 9.10. The zero-order chi connectivity index (χ0) is 12.0. The number of aromatic nitrogens is 1. The van der Waals surface area contributed by atoms with Gasteiger partial charge in [-0.2, -0.15) is 0 Å². The number of carbonyl (C=O) groups excluding carboxylic acids is 1. The van der Waals surface area contributed by atoms with Gasteiger partial charge in [-0.1, -0.05) is 28.0 Å².